The first kappa shape index (κ1) is 32.2. The Morgan fingerprint density at radius 2 is 1.54 bits per heavy atom. The molecule has 1 unspecified atom stereocenters. The summed E-state index contributed by atoms with van der Waals surface area (Å²) in [6.07, 6.45) is -0.413. The molecular formula is C33H36FN5O7. The lowest BCUT2D eigenvalue weighted by Gasteiger charge is -2.39. The van der Waals surface area contributed by atoms with Gasteiger partial charge >= 0.3 is 12.0 Å². The predicted octanol–water partition coefficient (Wildman–Crippen LogP) is 3.36. The van der Waals surface area contributed by atoms with Crippen molar-refractivity contribution in [2.45, 2.75) is 12.5 Å². The summed E-state index contributed by atoms with van der Waals surface area (Å²) in [4.78, 5) is 56.6. The van der Waals surface area contributed by atoms with Gasteiger partial charge in [-0.25, -0.2) is 9.18 Å². The monoisotopic (exact) mass is 633 g/mol. The first-order valence-corrected chi connectivity index (χ1v) is 15.0. The van der Waals surface area contributed by atoms with Gasteiger partial charge in [-0.3, -0.25) is 14.4 Å². The number of amides is 4. The van der Waals surface area contributed by atoms with Gasteiger partial charge in [0.25, 0.3) is 11.8 Å². The maximum atomic E-state index is 13.5. The number of hydrogen-bond donors (Lipinski definition) is 3. The van der Waals surface area contributed by atoms with Crippen molar-refractivity contribution in [1.82, 2.24) is 15.1 Å². The molecule has 12 nitrogen and oxygen atoms in total. The Hall–Kier alpha value is -5.17. The molecule has 3 aromatic rings. The van der Waals surface area contributed by atoms with Crippen LogP contribution >= 0.6 is 0 Å². The minimum Gasteiger partial charge on any atom is -0.484 e. The number of carbonyl (C=O) groups is 4. The zero-order chi connectivity index (χ0) is 32.5. The van der Waals surface area contributed by atoms with Crippen LogP contribution in [0.1, 0.15) is 28.4 Å². The number of urea groups is 1. The van der Waals surface area contributed by atoms with Crippen molar-refractivity contribution in [2.75, 3.05) is 69.3 Å². The molecular weight excluding hydrogens is 597 g/mol. The zero-order valence-corrected chi connectivity index (χ0v) is 25.2. The van der Waals surface area contributed by atoms with Gasteiger partial charge in [0, 0.05) is 44.8 Å². The van der Waals surface area contributed by atoms with Crippen LogP contribution in [0.15, 0.2) is 72.8 Å². The lowest BCUT2D eigenvalue weighted by molar-refractivity contribution is -0.137. The van der Waals surface area contributed by atoms with Crippen LogP contribution in [0.25, 0.3) is 0 Å². The third kappa shape index (κ3) is 8.51. The van der Waals surface area contributed by atoms with Gasteiger partial charge in [-0.15, -0.1) is 0 Å². The van der Waals surface area contributed by atoms with Crippen molar-refractivity contribution in [1.29, 1.82) is 0 Å². The molecule has 1 atom stereocenters. The number of ether oxygens (including phenoxy) is 2. The summed E-state index contributed by atoms with van der Waals surface area (Å²) in [5.41, 5.74) is 1.63. The van der Waals surface area contributed by atoms with E-state index < -0.39 is 36.1 Å². The van der Waals surface area contributed by atoms with Gasteiger partial charge < -0.3 is 39.9 Å². The Kier molecular flexibility index (Phi) is 10.7. The average Bonchev–Trinajstić information content (AvgIpc) is 3.08. The average molecular weight is 634 g/mol. The van der Waals surface area contributed by atoms with Crippen LogP contribution in [-0.2, 0) is 14.3 Å². The largest absolute Gasteiger partial charge is 0.484 e. The molecule has 0 aromatic heterocycles. The maximum Gasteiger partial charge on any atom is 0.320 e. The topological polar surface area (TPSA) is 141 Å². The lowest BCUT2D eigenvalue weighted by atomic mass is 10.0. The fourth-order valence-electron chi connectivity index (χ4n) is 5.36. The molecule has 0 spiro atoms. The fraction of sp³-hybridized carbons (Fsp3) is 0.333. The lowest BCUT2D eigenvalue weighted by Crippen LogP contribution is -2.55. The molecule has 2 fully saturated rings. The number of halogens is 1. The molecule has 2 heterocycles. The van der Waals surface area contributed by atoms with Crippen LogP contribution in [0.4, 0.5) is 20.6 Å². The number of anilines is 2. The van der Waals surface area contributed by atoms with E-state index in [9.17, 15) is 28.7 Å². The van der Waals surface area contributed by atoms with E-state index in [-0.39, 0.29) is 18.2 Å². The van der Waals surface area contributed by atoms with Crippen molar-refractivity contribution in [3.8, 4) is 5.75 Å². The zero-order valence-electron chi connectivity index (χ0n) is 25.2. The number of hydrogen-bond acceptors (Lipinski definition) is 7. The van der Waals surface area contributed by atoms with Crippen molar-refractivity contribution >= 4 is 35.2 Å². The van der Waals surface area contributed by atoms with Crippen LogP contribution in [0.5, 0.6) is 5.75 Å². The van der Waals surface area contributed by atoms with Crippen LogP contribution in [-0.4, -0.2) is 97.8 Å². The highest BCUT2D eigenvalue weighted by Gasteiger charge is 2.28. The van der Waals surface area contributed by atoms with Crippen molar-refractivity contribution in [2.24, 2.45) is 0 Å². The first-order chi connectivity index (χ1) is 22.3. The normalized spacial score (nSPS) is 15.5. The van der Waals surface area contributed by atoms with E-state index in [1.807, 2.05) is 11.0 Å². The molecule has 0 saturated carbocycles. The molecule has 5 rings (SSSR count). The Bertz CT molecular complexity index is 1530. The molecule has 4 amide bonds. The Morgan fingerprint density at radius 3 is 2.22 bits per heavy atom. The molecule has 242 valence electrons. The van der Waals surface area contributed by atoms with Crippen molar-refractivity contribution < 1.29 is 38.1 Å². The third-order valence-corrected chi connectivity index (χ3v) is 7.77. The molecule has 3 aromatic carbocycles. The van der Waals surface area contributed by atoms with E-state index in [1.54, 1.807) is 46.2 Å². The highest BCUT2D eigenvalue weighted by molar-refractivity contribution is 6.00. The number of nitrogens with zero attached hydrogens (tertiary/aromatic N) is 3. The second kappa shape index (κ2) is 15.2. The molecule has 46 heavy (non-hydrogen) atoms. The number of carboxylic acid groups (broad SMARTS) is 1. The summed E-state index contributed by atoms with van der Waals surface area (Å²) in [6.45, 7) is 3.80. The number of carboxylic acids is 1. The fourth-order valence-corrected chi connectivity index (χ4v) is 5.36. The van der Waals surface area contributed by atoms with Crippen molar-refractivity contribution in [3.63, 3.8) is 0 Å². The quantitative estimate of drug-likeness (QED) is 0.309. The smallest absolute Gasteiger partial charge is 0.320 e. The van der Waals surface area contributed by atoms with Gasteiger partial charge in [0.2, 0.25) is 0 Å². The summed E-state index contributed by atoms with van der Waals surface area (Å²) in [5.74, 6) is -2.11. The maximum absolute atomic E-state index is 13.5. The molecule has 0 bridgehead atoms. The van der Waals surface area contributed by atoms with Crippen LogP contribution in [0.2, 0.25) is 0 Å². The summed E-state index contributed by atoms with van der Waals surface area (Å²) < 4.78 is 24.5. The molecule has 13 heteroatoms. The highest BCUT2D eigenvalue weighted by atomic mass is 19.1. The van der Waals surface area contributed by atoms with Gasteiger partial charge in [-0.05, 0) is 48.0 Å². The number of para-hydroxylation sites is 1. The second-order valence-corrected chi connectivity index (χ2v) is 10.9. The van der Waals surface area contributed by atoms with E-state index in [1.165, 1.54) is 30.3 Å². The van der Waals surface area contributed by atoms with Gasteiger partial charge in [0.05, 0.1) is 37.1 Å². The van der Waals surface area contributed by atoms with Gasteiger partial charge in [-0.1, -0.05) is 30.3 Å². The predicted molar refractivity (Wildman–Crippen MR) is 167 cm³/mol. The van der Waals surface area contributed by atoms with E-state index >= 15 is 0 Å². The van der Waals surface area contributed by atoms with Gasteiger partial charge in [0.15, 0.2) is 6.61 Å². The Morgan fingerprint density at radius 1 is 0.870 bits per heavy atom. The number of carbonyl (C=O) groups excluding carboxylic acids is 3. The van der Waals surface area contributed by atoms with Crippen LogP contribution in [0, 0.1) is 5.82 Å². The summed E-state index contributed by atoms with van der Waals surface area (Å²) in [7, 11) is 0. The van der Waals surface area contributed by atoms with Crippen LogP contribution in [0.3, 0.4) is 0 Å². The van der Waals surface area contributed by atoms with E-state index in [2.05, 4.69) is 10.6 Å². The molecule has 2 saturated heterocycles. The second-order valence-electron chi connectivity index (χ2n) is 10.9. The minimum absolute atomic E-state index is 0.0291. The number of rotatable bonds is 10. The van der Waals surface area contributed by atoms with Crippen molar-refractivity contribution in [3.05, 3.63) is 89.7 Å². The molecule has 0 radical (unpaired) electrons. The SMILES string of the molecule is O=C(O)CC(NC(=O)c1ccc(N2CCN(C(=O)N3CCOCC3)CC2)c(NC(=O)COc2ccccc2)c1)c1ccc(F)cc1. The minimum atomic E-state index is -1.14. The Balaban J connectivity index is 1.33. The summed E-state index contributed by atoms with van der Waals surface area (Å²) in [5, 5.41) is 15.0. The molecule has 2 aliphatic heterocycles. The number of benzene rings is 3. The summed E-state index contributed by atoms with van der Waals surface area (Å²) >= 11 is 0. The van der Waals surface area contributed by atoms with Gasteiger partial charge in [-0.2, -0.15) is 0 Å². The molecule has 0 aliphatic carbocycles. The Labute approximate surface area is 265 Å². The number of piperazine rings is 1. The molecule has 3 N–H and O–H groups in total. The highest BCUT2D eigenvalue weighted by Crippen LogP contribution is 2.29. The van der Waals surface area contributed by atoms with E-state index in [0.717, 1.165) is 0 Å². The first-order valence-electron chi connectivity index (χ1n) is 15.0. The summed E-state index contributed by atoms with van der Waals surface area (Å²) in [6, 6.07) is 18.0. The van der Waals surface area contributed by atoms with Gasteiger partial charge in [0.1, 0.15) is 11.6 Å². The third-order valence-electron chi connectivity index (χ3n) is 7.77. The van der Waals surface area contributed by atoms with E-state index in [0.29, 0.717) is 75.2 Å². The standard InChI is InChI=1S/C33H36FN5O7/c34-25-9-6-23(7-10-25)27(21-31(41)42)36-32(43)24-8-11-29(28(20-24)35-30(40)22-46-26-4-2-1-3-5-26)37-12-14-38(15-13-37)33(44)39-16-18-45-19-17-39/h1-11,20,27H,12-19,21-22H2,(H,35,40)(H,36,43)(H,41,42). The molecule has 2 aliphatic rings. The number of nitrogens with one attached hydrogen (secondary N) is 2. The number of morpholine rings is 1. The number of aliphatic carboxylic acids is 1. The van der Waals surface area contributed by atoms with E-state index in [4.69, 9.17) is 9.47 Å². The van der Waals surface area contributed by atoms with Crippen LogP contribution < -0.4 is 20.3 Å².